The van der Waals surface area contributed by atoms with Crippen molar-refractivity contribution in [1.82, 2.24) is 5.32 Å². The average molecular weight is 267 g/mol. The standard InChI is InChI=1S/C15H25NOS/c1-4-13-6-8-14(9-7-13)15(16-5-2)11-18-12(3)10-17/h6-9,12,15-17H,4-5,10-11H2,1-3H3. The van der Waals surface area contributed by atoms with Crippen molar-refractivity contribution in [3.63, 3.8) is 0 Å². The highest BCUT2D eigenvalue weighted by atomic mass is 32.2. The molecule has 3 heteroatoms. The third kappa shape index (κ3) is 5.01. The number of rotatable bonds is 8. The monoisotopic (exact) mass is 267 g/mol. The minimum absolute atomic E-state index is 0.248. The fraction of sp³-hybridized carbons (Fsp3) is 0.600. The smallest absolute Gasteiger partial charge is 0.0547 e. The van der Waals surface area contributed by atoms with Crippen LogP contribution in [-0.4, -0.2) is 29.3 Å². The molecule has 102 valence electrons. The minimum atomic E-state index is 0.248. The van der Waals surface area contributed by atoms with Crippen molar-refractivity contribution in [2.75, 3.05) is 18.9 Å². The normalized spacial score (nSPS) is 14.4. The maximum absolute atomic E-state index is 9.08. The third-order valence-corrected chi connectivity index (χ3v) is 4.29. The molecule has 2 nitrogen and oxygen atoms in total. The van der Waals surface area contributed by atoms with E-state index in [1.165, 1.54) is 11.1 Å². The molecule has 0 aliphatic carbocycles. The summed E-state index contributed by atoms with van der Waals surface area (Å²) < 4.78 is 0. The van der Waals surface area contributed by atoms with Gasteiger partial charge in [0.25, 0.3) is 0 Å². The van der Waals surface area contributed by atoms with Crippen molar-refractivity contribution in [3.8, 4) is 0 Å². The van der Waals surface area contributed by atoms with Crippen LogP contribution in [0, 0.1) is 0 Å². The maximum atomic E-state index is 9.08. The summed E-state index contributed by atoms with van der Waals surface area (Å²) in [5, 5.41) is 12.9. The van der Waals surface area contributed by atoms with Gasteiger partial charge in [-0.05, 0) is 24.1 Å². The molecule has 1 aromatic rings. The summed E-state index contributed by atoms with van der Waals surface area (Å²) in [6, 6.07) is 9.23. The first-order valence-electron chi connectivity index (χ1n) is 6.75. The highest BCUT2D eigenvalue weighted by Crippen LogP contribution is 2.21. The Balaban J connectivity index is 2.64. The summed E-state index contributed by atoms with van der Waals surface area (Å²) in [5.41, 5.74) is 2.72. The number of aliphatic hydroxyl groups excluding tert-OH is 1. The second-order valence-electron chi connectivity index (χ2n) is 4.53. The summed E-state index contributed by atoms with van der Waals surface area (Å²) in [6.07, 6.45) is 1.09. The number of benzene rings is 1. The first-order valence-corrected chi connectivity index (χ1v) is 7.80. The summed E-state index contributed by atoms with van der Waals surface area (Å²) >= 11 is 1.82. The van der Waals surface area contributed by atoms with Gasteiger partial charge in [-0.2, -0.15) is 11.8 Å². The van der Waals surface area contributed by atoms with Crippen LogP contribution in [0.1, 0.15) is 37.9 Å². The van der Waals surface area contributed by atoms with Gasteiger partial charge in [0.15, 0.2) is 0 Å². The molecule has 1 rings (SSSR count). The number of nitrogens with one attached hydrogen (secondary N) is 1. The van der Waals surface area contributed by atoms with Crippen molar-refractivity contribution < 1.29 is 5.11 Å². The molecule has 0 saturated heterocycles. The molecule has 2 N–H and O–H groups in total. The maximum Gasteiger partial charge on any atom is 0.0547 e. The molecule has 0 fully saturated rings. The van der Waals surface area contributed by atoms with Gasteiger partial charge < -0.3 is 10.4 Å². The lowest BCUT2D eigenvalue weighted by Crippen LogP contribution is -2.24. The molecule has 0 saturated carbocycles. The summed E-state index contributed by atoms with van der Waals surface area (Å²) in [5.74, 6) is 1.00. The van der Waals surface area contributed by atoms with Crippen molar-refractivity contribution in [2.45, 2.75) is 38.5 Å². The Labute approximate surface area is 115 Å². The zero-order valence-corrected chi connectivity index (χ0v) is 12.5. The predicted molar refractivity (Wildman–Crippen MR) is 81.2 cm³/mol. The highest BCUT2D eigenvalue weighted by Gasteiger charge is 2.12. The molecule has 0 heterocycles. The molecule has 1 aromatic carbocycles. The summed E-state index contributed by atoms with van der Waals surface area (Å²) in [6.45, 7) is 7.59. The predicted octanol–water partition coefficient (Wildman–Crippen LogP) is 3.01. The Morgan fingerprint density at radius 1 is 1.22 bits per heavy atom. The van der Waals surface area contributed by atoms with E-state index in [4.69, 9.17) is 5.11 Å². The van der Waals surface area contributed by atoms with E-state index < -0.39 is 0 Å². The van der Waals surface area contributed by atoms with Gasteiger partial charge >= 0.3 is 0 Å². The van der Waals surface area contributed by atoms with Crippen LogP contribution in [0.2, 0.25) is 0 Å². The van der Waals surface area contributed by atoms with Crippen molar-refractivity contribution in [1.29, 1.82) is 0 Å². The van der Waals surface area contributed by atoms with Gasteiger partial charge in [-0.1, -0.05) is 45.0 Å². The van der Waals surface area contributed by atoms with Crippen LogP contribution in [0.25, 0.3) is 0 Å². The Kier molecular flexibility index (Phi) is 7.40. The van der Waals surface area contributed by atoms with E-state index in [-0.39, 0.29) is 6.61 Å². The Morgan fingerprint density at radius 2 is 1.89 bits per heavy atom. The van der Waals surface area contributed by atoms with E-state index in [1.54, 1.807) is 0 Å². The van der Waals surface area contributed by atoms with E-state index in [9.17, 15) is 0 Å². The van der Waals surface area contributed by atoms with Crippen LogP contribution in [0.3, 0.4) is 0 Å². The average Bonchev–Trinajstić information content (AvgIpc) is 2.43. The quantitative estimate of drug-likeness (QED) is 0.759. The molecule has 0 amide bonds. The molecule has 0 aliphatic heterocycles. The minimum Gasteiger partial charge on any atom is -0.395 e. The molecule has 0 radical (unpaired) electrons. The second kappa shape index (κ2) is 8.57. The lowest BCUT2D eigenvalue weighted by atomic mass is 10.0. The number of hydrogen-bond donors (Lipinski definition) is 2. The van der Waals surface area contributed by atoms with E-state index in [2.05, 4.69) is 50.4 Å². The molecule has 0 spiro atoms. The SMILES string of the molecule is CCNC(CSC(C)CO)c1ccc(CC)cc1. The van der Waals surface area contributed by atoms with Crippen LogP contribution in [0.15, 0.2) is 24.3 Å². The van der Waals surface area contributed by atoms with Gasteiger partial charge in [-0.15, -0.1) is 0 Å². The molecule has 2 atom stereocenters. The third-order valence-electron chi connectivity index (χ3n) is 3.05. The molecular formula is C15H25NOS. The van der Waals surface area contributed by atoms with Gasteiger partial charge in [0.05, 0.1) is 6.61 Å². The van der Waals surface area contributed by atoms with E-state index in [0.717, 1.165) is 18.7 Å². The number of aryl methyl sites for hydroxylation is 1. The van der Waals surface area contributed by atoms with Crippen molar-refractivity contribution in [2.24, 2.45) is 0 Å². The van der Waals surface area contributed by atoms with Crippen LogP contribution >= 0.6 is 11.8 Å². The van der Waals surface area contributed by atoms with Gasteiger partial charge in [0.1, 0.15) is 0 Å². The molecule has 2 unspecified atom stereocenters. The Bertz CT molecular complexity index is 326. The molecule has 0 bridgehead atoms. The highest BCUT2D eigenvalue weighted by molar-refractivity contribution is 7.99. The largest absolute Gasteiger partial charge is 0.395 e. The fourth-order valence-electron chi connectivity index (χ4n) is 1.82. The molecule has 18 heavy (non-hydrogen) atoms. The van der Waals surface area contributed by atoms with Crippen molar-refractivity contribution >= 4 is 11.8 Å². The van der Waals surface area contributed by atoms with E-state index in [1.807, 2.05) is 11.8 Å². The van der Waals surface area contributed by atoms with Gasteiger partial charge in [0, 0.05) is 17.0 Å². The topological polar surface area (TPSA) is 32.3 Å². The molecule has 0 aromatic heterocycles. The number of hydrogen-bond acceptors (Lipinski definition) is 3. The Hall–Kier alpha value is -0.510. The first kappa shape index (κ1) is 15.5. The second-order valence-corrected chi connectivity index (χ2v) is 6.00. The fourth-order valence-corrected chi connectivity index (χ4v) is 2.75. The summed E-state index contributed by atoms with van der Waals surface area (Å²) in [7, 11) is 0. The van der Waals surface area contributed by atoms with Crippen LogP contribution in [-0.2, 0) is 6.42 Å². The molecular weight excluding hydrogens is 242 g/mol. The number of aliphatic hydroxyl groups is 1. The van der Waals surface area contributed by atoms with Crippen LogP contribution in [0.4, 0.5) is 0 Å². The Morgan fingerprint density at radius 3 is 2.39 bits per heavy atom. The zero-order valence-electron chi connectivity index (χ0n) is 11.6. The first-order chi connectivity index (χ1) is 8.71. The summed E-state index contributed by atoms with van der Waals surface area (Å²) in [4.78, 5) is 0. The van der Waals surface area contributed by atoms with E-state index >= 15 is 0 Å². The van der Waals surface area contributed by atoms with Crippen LogP contribution < -0.4 is 5.32 Å². The van der Waals surface area contributed by atoms with E-state index in [0.29, 0.717) is 11.3 Å². The molecule has 0 aliphatic rings. The van der Waals surface area contributed by atoms with Gasteiger partial charge in [-0.25, -0.2) is 0 Å². The van der Waals surface area contributed by atoms with Crippen molar-refractivity contribution in [3.05, 3.63) is 35.4 Å². The lowest BCUT2D eigenvalue weighted by Gasteiger charge is -2.20. The lowest BCUT2D eigenvalue weighted by molar-refractivity contribution is 0.300. The van der Waals surface area contributed by atoms with Gasteiger partial charge in [-0.3, -0.25) is 0 Å². The van der Waals surface area contributed by atoms with Gasteiger partial charge in [0.2, 0.25) is 0 Å². The number of thioether (sulfide) groups is 1. The van der Waals surface area contributed by atoms with Crippen LogP contribution in [0.5, 0.6) is 0 Å². The zero-order chi connectivity index (χ0) is 13.4.